The molecule has 1 N–H and O–H groups in total. The number of nitrogens with zero attached hydrogens (tertiary/aromatic N) is 1. The molecule has 0 atom stereocenters. The average Bonchev–Trinajstić information content (AvgIpc) is 3.02. The Balaban J connectivity index is 1.47. The third-order valence-corrected chi connectivity index (χ3v) is 5.41. The van der Waals surface area contributed by atoms with Gasteiger partial charge in [0.2, 0.25) is 0 Å². The summed E-state index contributed by atoms with van der Waals surface area (Å²) in [5, 5.41) is 4.03. The Morgan fingerprint density at radius 3 is 2.92 bits per heavy atom. The Kier molecular flexibility index (Phi) is 5.66. The SMILES string of the molecule is CCc1sc(C(=O)NCCCOc2cccc3cccnc23)cc1C. The Morgan fingerprint density at radius 1 is 1.28 bits per heavy atom. The predicted octanol–water partition coefficient (Wildman–Crippen LogP) is 4.37. The molecular formula is C20H22N2O2S. The molecular weight excluding hydrogens is 332 g/mol. The van der Waals surface area contributed by atoms with Crippen molar-refractivity contribution in [3.05, 3.63) is 57.9 Å². The molecule has 0 spiro atoms. The number of nitrogens with one attached hydrogen (secondary N) is 1. The van der Waals surface area contributed by atoms with Crippen LogP contribution in [0, 0.1) is 6.92 Å². The van der Waals surface area contributed by atoms with E-state index in [2.05, 4.69) is 24.1 Å². The Bertz CT molecular complexity index is 868. The maximum Gasteiger partial charge on any atom is 0.261 e. The first-order chi connectivity index (χ1) is 12.2. The van der Waals surface area contributed by atoms with E-state index in [0.29, 0.717) is 13.2 Å². The molecule has 0 aliphatic heterocycles. The number of para-hydroxylation sites is 1. The molecule has 0 saturated heterocycles. The normalized spacial score (nSPS) is 10.8. The molecule has 1 aromatic carbocycles. The summed E-state index contributed by atoms with van der Waals surface area (Å²) in [5.74, 6) is 0.783. The summed E-state index contributed by atoms with van der Waals surface area (Å²) in [6, 6.07) is 11.8. The lowest BCUT2D eigenvalue weighted by Gasteiger charge is -2.09. The molecule has 1 amide bonds. The second-order valence-corrected chi connectivity index (χ2v) is 7.00. The van der Waals surface area contributed by atoms with Crippen molar-refractivity contribution in [3.8, 4) is 5.75 Å². The van der Waals surface area contributed by atoms with Crippen molar-refractivity contribution < 1.29 is 9.53 Å². The summed E-state index contributed by atoms with van der Waals surface area (Å²) in [4.78, 5) is 18.6. The molecule has 2 aromatic heterocycles. The molecule has 3 aromatic rings. The maximum atomic E-state index is 12.2. The van der Waals surface area contributed by atoms with E-state index in [4.69, 9.17) is 4.74 Å². The monoisotopic (exact) mass is 354 g/mol. The van der Waals surface area contributed by atoms with E-state index >= 15 is 0 Å². The van der Waals surface area contributed by atoms with Gasteiger partial charge in [-0.15, -0.1) is 11.3 Å². The molecule has 0 saturated carbocycles. The number of aromatic nitrogens is 1. The second kappa shape index (κ2) is 8.12. The van der Waals surface area contributed by atoms with Crippen molar-refractivity contribution in [2.45, 2.75) is 26.7 Å². The summed E-state index contributed by atoms with van der Waals surface area (Å²) < 4.78 is 5.84. The number of carbonyl (C=O) groups is 1. The van der Waals surface area contributed by atoms with Gasteiger partial charge in [-0.25, -0.2) is 0 Å². The number of amides is 1. The minimum atomic E-state index is -0.000345. The molecule has 0 fully saturated rings. The number of benzene rings is 1. The summed E-state index contributed by atoms with van der Waals surface area (Å²) >= 11 is 1.58. The van der Waals surface area contributed by atoms with Crippen LogP contribution in [-0.2, 0) is 6.42 Å². The van der Waals surface area contributed by atoms with Gasteiger partial charge in [0.05, 0.1) is 11.5 Å². The van der Waals surface area contributed by atoms with E-state index in [-0.39, 0.29) is 5.91 Å². The van der Waals surface area contributed by atoms with E-state index in [0.717, 1.165) is 34.4 Å². The van der Waals surface area contributed by atoms with E-state index in [1.54, 1.807) is 17.5 Å². The van der Waals surface area contributed by atoms with Gasteiger partial charge in [0.25, 0.3) is 5.91 Å². The van der Waals surface area contributed by atoms with Crippen molar-refractivity contribution in [2.24, 2.45) is 0 Å². The van der Waals surface area contributed by atoms with Gasteiger partial charge in [-0.05, 0) is 43.5 Å². The number of hydrogen-bond donors (Lipinski definition) is 1. The Morgan fingerprint density at radius 2 is 2.12 bits per heavy atom. The van der Waals surface area contributed by atoms with Gasteiger partial charge < -0.3 is 10.1 Å². The van der Waals surface area contributed by atoms with Gasteiger partial charge in [-0.2, -0.15) is 0 Å². The van der Waals surface area contributed by atoms with Crippen LogP contribution in [-0.4, -0.2) is 24.0 Å². The molecule has 0 unspecified atom stereocenters. The van der Waals surface area contributed by atoms with Crippen molar-refractivity contribution >= 4 is 28.1 Å². The Hall–Kier alpha value is -2.40. The van der Waals surface area contributed by atoms with E-state index in [9.17, 15) is 4.79 Å². The lowest BCUT2D eigenvalue weighted by atomic mass is 10.2. The third kappa shape index (κ3) is 4.17. The van der Waals surface area contributed by atoms with Crippen LogP contribution in [0.5, 0.6) is 5.75 Å². The van der Waals surface area contributed by atoms with Crippen LogP contribution in [0.25, 0.3) is 10.9 Å². The van der Waals surface area contributed by atoms with Crippen LogP contribution in [0.15, 0.2) is 42.6 Å². The molecule has 0 aliphatic rings. The number of aryl methyl sites for hydroxylation is 2. The molecule has 0 aliphatic carbocycles. The van der Waals surface area contributed by atoms with Crippen molar-refractivity contribution in [3.63, 3.8) is 0 Å². The van der Waals surface area contributed by atoms with E-state index < -0.39 is 0 Å². The first-order valence-electron chi connectivity index (χ1n) is 8.53. The van der Waals surface area contributed by atoms with Crippen LogP contribution in [0.4, 0.5) is 0 Å². The zero-order valence-corrected chi connectivity index (χ0v) is 15.4. The van der Waals surface area contributed by atoms with Gasteiger partial charge in [0.1, 0.15) is 11.3 Å². The summed E-state index contributed by atoms with van der Waals surface area (Å²) in [6.07, 6.45) is 3.49. The summed E-state index contributed by atoms with van der Waals surface area (Å²) in [5.41, 5.74) is 2.07. The first-order valence-corrected chi connectivity index (χ1v) is 9.34. The van der Waals surface area contributed by atoms with Crippen LogP contribution >= 0.6 is 11.3 Å². The van der Waals surface area contributed by atoms with Gasteiger partial charge in [-0.3, -0.25) is 9.78 Å². The number of rotatable bonds is 7. The molecule has 25 heavy (non-hydrogen) atoms. The highest BCUT2D eigenvalue weighted by atomic mass is 32.1. The summed E-state index contributed by atoms with van der Waals surface area (Å²) in [7, 11) is 0. The predicted molar refractivity (Wildman–Crippen MR) is 103 cm³/mol. The zero-order valence-electron chi connectivity index (χ0n) is 14.5. The van der Waals surface area contributed by atoms with Crippen LogP contribution < -0.4 is 10.1 Å². The second-order valence-electron chi connectivity index (χ2n) is 5.86. The highest BCUT2D eigenvalue weighted by molar-refractivity contribution is 7.14. The minimum Gasteiger partial charge on any atom is -0.491 e. The van der Waals surface area contributed by atoms with Crippen LogP contribution in [0.3, 0.4) is 0 Å². The largest absolute Gasteiger partial charge is 0.491 e. The first kappa shape index (κ1) is 17.4. The number of pyridine rings is 1. The van der Waals surface area contributed by atoms with Crippen LogP contribution in [0.2, 0.25) is 0 Å². The fourth-order valence-electron chi connectivity index (χ4n) is 2.72. The smallest absolute Gasteiger partial charge is 0.261 e. The highest BCUT2D eigenvalue weighted by Gasteiger charge is 2.11. The molecule has 0 radical (unpaired) electrons. The topological polar surface area (TPSA) is 51.2 Å². The maximum absolute atomic E-state index is 12.2. The highest BCUT2D eigenvalue weighted by Crippen LogP contribution is 2.23. The fourth-order valence-corrected chi connectivity index (χ4v) is 3.75. The van der Waals surface area contributed by atoms with E-state index in [1.165, 1.54) is 10.4 Å². The van der Waals surface area contributed by atoms with Gasteiger partial charge in [-0.1, -0.05) is 25.1 Å². The third-order valence-electron chi connectivity index (χ3n) is 4.03. The van der Waals surface area contributed by atoms with Crippen molar-refractivity contribution in [1.82, 2.24) is 10.3 Å². The average molecular weight is 354 g/mol. The van der Waals surface area contributed by atoms with Crippen LogP contribution in [0.1, 0.15) is 33.5 Å². The number of thiophene rings is 1. The number of fused-ring (bicyclic) bond motifs is 1. The lowest BCUT2D eigenvalue weighted by Crippen LogP contribution is -2.24. The molecule has 5 heteroatoms. The molecule has 0 bridgehead atoms. The quantitative estimate of drug-likeness (QED) is 0.641. The summed E-state index contributed by atoms with van der Waals surface area (Å²) in [6.45, 7) is 5.30. The minimum absolute atomic E-state index is 0.000345. The van der Waals surface area contributed by atoms with Gasteiger partial charge in [0, 0.05) is 23.0 Å². The van der Waals surface area contributed by atoms with Crippen molar-refractivity contribution in [1.29, 1.82) is 0 Å². The molecule has 4 nitrogen and oxygen atoms in total. The van der Waals surface area contributed by atoms with Gasteiger partial charge >= 0.3 is 0 Å². The molecule has 3 rings (SSSR count). The number of hydrogen-bond acceptors (Lipinski definition) is 4. The Labute approximate surface area is 151 Å². The van der Waals surface area contributed by atoms with Gasteiger partial charge in [0.15, 0.2) is 0 Å². The zero-order chi connectivity index (χ0) is 17.6. The molecule has 2 heterocycles. The standard InChI is InChI=1S/C20H22N2O2S/c1-3-17-14(2)13-18(25-17)20(23)22-11-6-12-24-16-9-4-7-15-8-5-10-21-19(15)16/h4-5,7-10,13H,3,6,11-12H2,1-2H3,(H,22,23). The fraction of sp³-hybridized carbons (Fsp3) is 0.300. The number of ether oxygens (including phenoxy) is 1. The number of carbonyl (C=O) groups excluding carboxylic acids is 1. The van der Waals surface area contributed by atoms with Crippen molar-refractivity contribution in [2.75, 3.05) is 13.2 Å². The molecule has 130 valence electrons. The van der Waals surface area contributed by atoms with E-state index in [1.807, 2.05) is 36.4 Å². The lowest BCUT2D eigenvalue weighted by molar-refractivity contribution is 0.0955.